The lowest BCUT2D eigenvalue weighted by atomic mass is 9.84. The van der Waals surface area contributed by atoms with E-state index in [0.29, 0.717) is 12.8 Å². The van der Waals surface area contributed by atoms with E-state index in [2.05, 4.69) is 29.6 Å². The molecular formula is C22H23NO4. The van der Waals surface area contributed by atoms with Crippen LogP contribution in [0.15, 0.2) is 48.5 Å². The van der Waals surface area contributed by atoms with E-state index in [1.165, 1.54) is 11.1 Å². The fourth-order valence-corrected chi connectivity index (χ4v) is 4.39. The molecule has 1 amide bonds. The molecule has 27 heavy (non-hydrogen) atoms. The van der Waals surface area contributed by atoms with Crippen LogP contribution in [0.2, 0.25) is 0 Å². The SMILES string of the molecule is O=C(N[C@@H]1CCCC[C@H]1C(=O)O)OCC1c2ccccc2-c2ccccc21. The summed E-state index contributed by atoms with van der Waals surface area (Å²) in [4.78, 5) is 23.7. The number of aliphatic carboxylic acids is 1. The van der Waals surface area contributed by atoms with Crippen LogP contribution < -0.4 is 5.32 Å². The third-order valence-corrected chi connectivity index (χ3v) is 5.73. The van der Waals surface area contributed by atoms with Gasteiger partial charge in [-0.2, -0.15) is 0 Å². The molecule has 0 unspecified atom stereocenters. The van der Waals surface area contributed by atoms with Crippen LogP contribution >= 0.6 is 0 Å². The number of carboxylic acids is 1. The molecule has 5 nitrogen and oxygen atoms in total. The molecule has 4 rings (SSSR count). The standard InChI is InChI=1S/C22H23NO4/c24-21(25)18-11-5-6-12-20(18)23-22(26)27-13-19-16-9-3-1-7-14(16)15-8-2-4-10-17(15)19/h1-4,7-10,18-20H,5-6,11-13H2,(H,23,26)(H,24,25)/t18-,20-/m1/s1. The van der Waals surface area contributed by atoms with E-state index in [-0.39, 0.29) is 18.6 Å². The van der Waals surface area contributed by atoms with E-state index in [9.17, 15) is 14.7 Å². The van der Waals surface area contributed by atoms with E-state index in [1.54, 1.807) is 0 Å². The monoisotopic (exact) mass is 365 g/mol. The minimum atomic E-state index is -0.848. The molecular weight excluding hydrogens is 342 g/mol. The molecule has 0 radical (unpaired) electrons. The number of rotatable bonds is 4. The minimum absolute atomic E-state index is 0.00442. The van der Waals surface area contributed by atoms with Gasteiger partial charge in [0.05, 0.1) is 5.92 Å². The number of ether oxygens (including phenoxy) is 1. The summed E-state index contributed by atoms with van der Waals surface area (Å²) < 4.78 is 5.53. The van der Waals surface area contributed by atoms with Crippen molar-refractivity contribution in [1.29, 1.82) is 0 Å². The first-order valence-corrected chi connectivity index (χ1v) is 9.49. The van der Waals surface area contributed by atoms with Crippen LogP contribution in [-0.4, -0.2) is 29.8 Å². The largest absolute Gasteiger partial charge is 0.481 e. The van der Waals surface area contributed by atoms with Crippen molar-refractivity contribution < 1.29 is 19.4 Å². The number of carbonyl (C=O) groups is 2. The number of amides is 1. The van der Waals surface area contributed by atoms with Gasteiger partial charge in [-0.15, -0.1) is 0 Å². The fourth-order valence-electron chi connectivity index (χ4n) is 4.39. The molecule has 2 aliphatic rings. The van der Waals surface area contributed by atoms with Crippen molar-refractivity contribution in [3.05, 3.63) is 59.7 Å². The Bertz CT molecular complexity index is 817. The summed E-state index contributed by atoms with van der Waals surface area (Å²) in [6.45, 7) is 0.240. The van der Waals surface area contributed by atoms with Crippen molar-refractivity contribution in [3.63, 3.8) is 0 Å². The highest BCUT2D eigenvalue weighted by Gasteiger charge is 2.33. The topological polar surface area (TPSA) is 75.6 Å². The lowest BCUT2D eigenvalue weighted by Crippen LogP contribution is -2.45. The van der Waals surface area contributed by atoms with Gasteiger partial charge in [0, 0.05) is 12.0 Å². The fraction of sp³-hybridized carbons (Fsp3) is 0.364. The Morgan fingerprint density at radius 1 is 0.963 bits per heavy atom. The van der Waals surface area contributed by atoms with E-state index in [0.717, 1.165) is 24.0 Å². The first kappa shape index (κ1) is 17.6. The summed E-state index contributed by atoms with van der Waals surface area (Å²) in [6, 6.07) is 16.0. The summed E-state index contributed by atoms with van der Waals surface area (Å²) >= 11 is 0. The maximum Gasteiger partial charge on any atom is 0.407 e. The van der Waals surface area contributed by atoms with Gasteiger partial charge in [0.25, 0.3) is 0 Å². The zero-order chi connectivity index (χ0) is 18.8. The molecule has 0 aromatic heterocycles. The van der Waals surface area contributed by atoms with Crippen molar-refractivity contribution in [2.75, 3.05) is 6.61 Å². The van der Waals surface area contributed by atoms with Gasteiger partial charge in [0.15, 0.2) is 0 Å². The van der Waals surface area contributed by atoms with Crippen molar-refractivity contribution >= 4 is 12.1 Å². The molecule has 2 aliphatic carbocycles. The van der Waals surface area contributed by atoms with Gasteiger partial charge < -0.3 is 15.2 Å². The highest BCUT2D eigenvalue weighted by molar-refractivity contribution is 5.79. The molecule has 1 fully saturated rings. The van der Waals surface area contributed by atoms with E-state index in [1.807, 2.05) is 24.3 Å². The van der Waals surface area contributed by atoms with Gasteiger partial charge in [-0.3, -0.25) is 4.79 Å². The van der Waals surface area contributed by atoms with Crippen LogP contribution in [0.5, 0.6) is 0 Å². The number of hydrogen-bond donors (Lipinski definition) is 2. The second-order valence-electron chi connectivity index (χ2n) is 7.31. The Labute approximate surface area is 158 Å². The van der Waals surface area contributed by atoms with Gasteiger partial charge in [-0.25, -0.2) is 4.79 Å². The average molecular weight is 365 g/mol. The summed E-state index contributed by atoms with van der Waals surface area (Å²) in [7, 11) is 0. The maximum absolute atomic E-state index is 12.3. The maximum atomic E-state index is 12.3. The summed E-state index contributed by atoms with van der Waals surface area (Å²) in [6.07, 6.45) is 2.57. The minimum Gasteiger partial charge on any atom is -0.481 e. The number of benzene rings is 2. The number of carboxylic acid groups (broad SMARTS) is 1. The van der Waals surface area contributed by atoms with Crippen molar-refractivity contribution in [2.45, 2.75) is 37.6 Å². The number of hydrogen-bond acceptors (Lipinski definition) is 3. The van der Waals surface area contributed by atoms with Gasteiger partial charge in [0.1, 0.15) is 6.61 Å². The first-order chi connectivity index (χ1) is 13.1. The molecule has 2 atom stereocenters. The molecule has 0 bridgehead atoms. The van der Waals surface area contributed by atoms with E-state index in [4.69, 9.17) is 4.74 Å². The first-order valence-electron chi connectivity index (χ1n) is 9.49. The lowest BCUT2D eigenvalue weighted by Gasteiger charge is -2.29. The summed E-state index contributed by atoms with van der Waals surface area (Å²) in [5.74, 6) is -1.37. The highest BCUT2D eigenvalue weighted by Crippen LogP contribution is 2.44. The number of fused-ring (bicyclic) bond motifs is 3. The molecule has 0 saturated heterocycles. The van der Waals surface area contributed by atoms with Gasteiger partial charge >= 0.3 is 12.1 Å². The third kappa shape index (κ3) is 3.42. The van der Waals surface area contributed by atoms with E-state index >= 15 is 0 Å². The predicted molar refractivity (Wildman–Crippen MR) is 102 cm³/mol. The quantitative estimate of drug-likeness (QED) is 0.853. The van der Waals surface area contributed by atoms with Crippen molar-refractivity contribution in [1.82, 2.24) is 5.32 Å². The zero-order valence-electron chi connectivity index (χ0n) is 15.1. The molecule has 0 heterocycles. The molecule has 0 aliphatic heterocycles. The number of alkyl carbamates (subject to hydrolysis) is 1. The number of nitrogens with one attached hydrogen (secondary N) is 1. The van der Waals surface area contributed by atoms with Crippen LogP contribution in [0.1, 0.15) is 42.7 Å². The molecule has 1 saturated carbocycles. The average Bonchev–Trinajstić information content (AvgIpc) is 3.00. The van der Waals surface area contributed by atoms with Gasteiger partial charge in [-0.05, 0) is 35.1 Å². The lowest BCUT2D eigenvalue weighted by molar-refractivity contribution is -0.143. The van der Waals surface area contributed by atoms with Crippen LogP contribution in [0, 0.1) is 5.92 Å². The van der Waals surface area contributed by atoms with Crippen LogP contribution in [0.25, 0.3) is 11.1 Å². The smallest absolute Gasteiger partial charge is 0.407 e. The van der Waals surface area contributed by atoms with Gasteiger partial charge in [-0.1, -0.05) is 61.4 Å². The van der Waals surface area contributed by atoms with Crippen molar-refractivity contribution in [3.8, 4) is 11.1 Å². The molecule has 2 aromatic rings. The molecule has 2 N–H and O–H groups in total. The van der Waals surface area contributed by atoms with Crippen LogP contribution in [0.3, 0.4) is 0 Å². The Morgan fingerprint density at radius 2 is 1.56 bits per heavy atom. The Morgan fingerprint density at radius 3 is 2.19 bits per heavy atom. The highest BCUT2D eigenvalue weighted by atomic mass is 16.5. The zero-order valence-corrected chi connectivity index (χ0v) is 15.1. The Hall–Kier alpha value is -2.82. The molecule has 140 valence electrons. The summed E-state index contributed by atoms with van der Waals surface area (Å²) in [5.41, 5.74) is 4.68. The number of carbonyl (C=O) groups excluding carboxylic acids is 1. The van der Waals surface area contributed by atoms with Crippen LogP contribution in [-0.2, 0) is 9.53 Å². The summed E-state index contributed by atoms with van der Waals surface area (Å²) in [5, 5.41) is 12.1. The second kappa shape index (κ2) is 7.43. The molecule has 0 spiro atoms. The van der Waals surface area contributed by atoms with Crippen molar-refractivity contribution in [2.24, 2.45) is 5.92 Å². The predicted octanol–water partition coefficient (Wildman–Crippen LogP) is 4.17. The van der Waals surface area contributed by atoms with Gasteiger partial charge in [0.2, 0.25) is 0 Å². The molecule has 5 heteroatoms. The molecule has 2 aromatic carbocycles. The third-order valence-electron chi connectivity index (χ3n) is 5.73. The second-order valence-corrected chi connectivity index (χ2v) is 7.31. The van der Waals surface area contributed by atoms with Crippen LogP contribution in [0.4, 0.5) is 4.79 Å². The van der Waals surface area contributed by atoms with E-state index < -0.39 is 18.0 Å². The Kier molecular flexibility index (Phi) is 4.84. The Balaban J connectivity index is 1.44. The normalized spacial score (nSPS) is 21.2.